The van der Waals surface area contributed by atoms with Crippen molar-refractivity contribution in [3.63, 3.8) is 0 Å². The van der Waals surface area contributed by atoms with Gasteiger partial charge in [-0.2, -0.15) is 18.3 Å². The SMILES string of the molecule is Nc1ccc(-c2nn([C@H]3CCN(C(=O)NC4C=C(C(F)(F)F)C=CC4)C3)c3ncnc(N)c23)cc1. The minimum Gasteiger partial charge on any atom is -0.399 e. The van der Waals surface area contributed by atoms with E-state index < -0.39 is 23.8 Å². The number of anilines is 2. The maximum atomic E-state index is 13.0. The molecule has 1 unspecified atom stereocenters. The number of halogens is 3. The third-order valence-electron chi connectivity index (χ3n) is 6.20. The number of hydrogen-bond donors (Lipinski definition) is 3. The van der Waals surface area contributed by atoms with Crippen molar-refractivity contribution in [2.24, 2.45) is 0 Å². The van der Waals surface area contributed by atoms with E-state index in [0.717, 1.165) is 17.7 Å². The molecule has 9 nitrogen and oxygen atoms in total. The smallest absolute Gasteiger partial charge is 0.399 e. The number of fused-ring (bicyclic) bond motifs is 1. The minimum atomic E-state index is -4.45. The van der Waals surface area contributed by atoms with Gasteiger partial charge in [0.1, 0.15) is 17.8 Å². The van der Waals surface area contributed by atoms with E-state index in [0.29, 0.717) is 54.2 Å². The van der Waals surface area contributed by atoms with Gasteiger partial charge in [0.05, 0.1) is 23.0 Å². The van der Waals surface area contributed by atoms with Crippen LogP contribution in [-0.4, -0.2) is 56.0 Å². The van der Waals surface area contributed by atoms with E-state index in [1.165, 1.54) is 12.4 Å². The number of likely N-dealkylation sites (tertiary alicyclic amines) is 1. The minimum absolute atomic E-state index is 0.187. The molecule has 2 atom stereocenters. The number of nitrogens with one attached hydrogen (secondary N) is 1. The van der Waals surface area contributed by atoms with Crippen LogP contribution >= 0.6 is 0 Å². The molecular weight excluding hydrogens is 461 g/mol. The number of allylic oxidation sites excluding steroid dienone is 2. The fourth-order valence-corrected chi connectivity index (χ4v) is 4.44. The predicted molar refractivity (Wildman–Crippen MR) is 125 cm³/mol. The van der Waals surface area contributed by atoms with E-state index >= 15 is 0 Å². The van der Waals surface area contributed by atoms with Gasteiger partial charge in [0.25, 0.3) is 0 Å². The first-order chi connectivity index (χ1) is 16.7. The summed E-state index contributed by atoms with van der Waals surface area (Å²) < 4.78 is 40.8. The van der Waals surface area contributed by atoms with E-state index in [4.69, 9.17) is 16.6 Å². The Hall–Kier alpha value is -4.09. The van der Waals surface area contributed by atoms with Gasteiger partial charge >= 0.3 is 12.2 Å². The number of nitrogen functional groups attached to an aromatic ring is 2. The number of hydrogen-bond acceptors (Lipinski definition) is 6. The fraction of sp³-hybridized carbons (Fsp3) is 0.304. The Morgan fingerprint density at radius 2 is 1.91 bits per heavy atom. The second kappa shape index (κ2) is 8.60. The summed E-state index contributed by atoms with van der Waals surface area (Å²) in [6, 6.07) is 5.87. The monoisotopic (exact) mass is 484 g/mol. The van der Waals surface area contributed by atoms with E-state index in [2.05, 4.69) is 15.3 Å². The summed E-state index contributed by atoms with van der Waals surface area (Å²) in [5.74, 6) is 0.290. The molecule has 2 aromatic heterocycles. The van der Waals surface area contributed by atoms with Crippen LogP contribution in [0.2, 0.25) is 0 Å². The largest absolute Gasteiger partial charge is 0.416 e. The van der Waals surface area contributed by atoms with E-state index in [9.17, 15) is 18.0 Å². The van der Waals surface area contributed by atoms with Crippen LogP contribution in [0.15, 0.2) is 54.4 Å². The van der Waals surface area contributed by atoms with E-state index in [1.807, 2.05) is 12.1 Å². The number of nitrogens with two attached hydrogens (primary N) is 2. The predicted octanol–water partition coefficient (Wildman–Crippen LogP) is 3.43. The number of urea groups is 1. The zero-order chi connectivity index (χ0) is 24.7. The number of nitrogens with zero attached hydrogens (tertiary/aromatic N) is 5. The highest BCUT2D eigenvalue weighted by Gasteiger charge is 2.35. The molecule has 1 aliphatic heterocycles. The third-order valence-corrected chi connectivity index (χ3v) is 6.20. The lowest BCUT2D eigenvalue weighted by atomic mass is 10.0. The number of benzene rings is 1. The van der Waals surface area contributed by atoms with Gasteiger partial charge < -0.3 is 21.7 Å². The number of amides is 2. The topological polar surface area (TPSA) is 128 Å². The van der Waals surface area contributed by atoms with Crippen molar-refractivity contribution in [1.29, 1.82) is 0 Å². The quantitative estimate of drug-likeness (QED) is 0.489. The lowest BCUT2D eigenvalue weighted by Crippen LogP contribution is -2.44. The lowest BCUT2D eigenvalue weighted by Gasteiger charge is -2.23. The molecule has 1 saturated heterocycles. The van der Waals surface area contributed by atoms with Crippen molar-refractivity contribution in [3.8, 4) is 11.3 Å². The average Bonchev–Trinajstić information content (AvgIpc) is 3.45. The van der Waals surface area contributed by atoms with Gasteiger partial charge in [-0.1, -0.05) is 24.3 Å². The highest BCUT2D eigenvalue weighted by molar-refractivity contribution is 5.98. The first-order valence-electron chi connectivity index (χ1n) is 11.1. The van der Waals surface area contributed by atoms with Gasteiger partial charge in [0, 0.05) is 24.3 Å². The summed E-state index contributed by atoms with van der Waals surface area (Å²) in [4.78, 5) is 22.9. The van der Waals surface area contributed by atoms with Crippen molar-refractivity contribution in [1.82, 2.24) is 30.0 Å². The molecule has 3 heterocycles. The van der Waals surface area contributed by atoms with Crippen LogP contribution in [0.4, 0.5) is 29.5 Å². The van der Waals surface area contributed by atoms with Crippen LogP contribution in [0, 0.1) is 0 Å². The van der Waals surface area contributed by atoms with Crippen molar-refractivity contribution in [2.45, 2.75) is 31.1 Å². The fourth-order valence-electron chi connectivity index (χ4n) is 4.44. The van der Waals surface area contributed by atoms with E-state index in [1.54, 1.807) is 21.7 Å². The second-order valence-electron chi connectivity index (χ2n) is 8.58. The zero-order valence-corrected chi connectivity index (χ0v) is 18.5. The number of alkyl halides is 3. The van der Waals surface area contributed by atoms with E-state index in [-0.39, 0.29) is 6.04 Å². The molecule has 1 aliphatic carbocycles. The van der Waals surface area contributed by atoms with Crippen molar-refractivity contribution < 1.29 is 18.0 Å². The first-order valence-corrected chi connectivity index (χ1v) is 11.1. The average molecular weight is 484 g/mol. The molecular formula is C23H23F3N8O. The van der Waals surface area contributed by atoms with Gasteiger partial charge in [-0.05, 0) is 31.1 Å². The number of aromatic nitrogens is 4. The molecule has 3 aromatic rings. The molecule has 182 valence electrons. The molecule has 5 N–H and O–H groups in total. The van der Waals surface area contributed by atoms with Crippen molar-refractivity contribution in [2.75, 3.05) is 24.6 Å². The van der Waals surface area contributed by atoms with Crippen LogP contribution in [-0.2, 0) is 0 Å². The molecule has 35 heavy (non-hydrogen) atoms. The molecule has 12 heteroatoms. The summed E-state index contributed by atoms with van der Waals surface area (Å²) in [7, 11) is 0. The molecule has 2 aliphatic rings. The van der Waals surface area contributed by atoms with Crippen molar-refractivity contribution in [3.05, 3.63) is 54.4 Å². The maximum Gasteiger partial charge on any atom is 0.416 e. The molecule has 5 rings (SSSR count). The molecule has 0 spiro atoms. The van der Waals surface area contributed by atoms with Crippen LogP contribution in [0.5, 0.6) is 0 Å². The Morgan fingerprint density at radius 1 is 1.14 bits per heavy atom. The molecule has 1 aromatic carbocycles. The summed E-state index contributed by atoms with van der Waals surface area (Å²) in [6.07, 6.45) is 1.31. The number of rotatable bonds is 3. The molecule has 0 bridgehead atoms. The Bertz CT molecular complexity index is 1330. The zero-order valence-electron chi connectivity index (χ0n) is 18.5. The third kappa shape index (κ3) is 4.38. The molecule has 0 saturated carbocycles. The highest BCUT2D eigenvalue weighted by atomic mass is 19.4. The summed E-state index contributed by atoms with van der Waals surface area (Å²) in [5.41, 5.74) is 13.8. The normalized spacial score (nSPS) is 20.3. The first kappa shape index (κ1) is 22.7. The van der Waals surface area contributed by atoms with Gasteiger partial charge in [0.15, 0.2) is 5.65 Å². The lowest BCUT2D eigenvalue weighted by molar-refractivity contribution is -0.0887. The van der Waals surface area contributed by atoms with Crippen LogP contribution in [0.1, 0.15) is 18.9 Å². The number of carbonyl (C=O) groups is 1. The Balaban J connectivity index is 1.37. The maximum absolute atomic E-state index is 13.0. The highest BCUT2D eigenvalue weighted by Crippen LogP contribution is 2.34. The van der Waals surface area contributed by atoms with Gasteiger partial charge in [-0.3, -0.25) is 0 Å². The summed E-state index contributed by atoms with van der Waals surface area (Å²) in [6.45, 7) is 0.750. The van der Waals surface area contributed by atoms with Gasteiger partial charge in [-0.25, -0.2) is 19.4 Å². The Kier molecular flexibility index (Phi) is 5.58. The number of carbonyl (C=O) groups excluding carboxylic acids is 1. The van der Waals surface area contributed by atoms with Crippen LogP contribution in [0.25, 0.3) is 22.3 Å². The standard InChI is InChI=1S/C23H23F3N8O/c24-23(25,26)14-2-1-3-16(10-14)31-22(35)33-9-8-17(11-33)34-21-18(20(28)29-12-30-21)19(32-34)13-4-6-15(27)7-5-13/h1-2,4-7,10,12,16-17H,3,8-9,11,27H2,(H,31,35)(H2,28,29,30)/t16?,17-/m0/s1. The Morgan fingerprint density at radius 3 is 2.66 bits per heavy atom. The van der Waals surface area contributed by atoms with Crippen molar-refractivity contribution >= 4 is 28.6 Å². The summed E-state index contributed by atoms with van der Waals surface area (Å²) >= 11 is 0. The second-order valence-corrected chi connectivity index (χ2v) is 8.58. The Labute approximate surface area is 198 Å². The molecule has 0 radical (unpaired) electrons. The van der Waals surface area contributed by atoms with Crippen LogP contribution in [0.3, 0.4) is 0 Å². The van der Waals surface area contributed by atoms with Crippen LogP contribution < -0.4 is 16.8 Å². The molecule has 1 fully saturated rings. The summed E-state index contributed by atoms with van der Waals surface area (Å²) in [5, 5.41) is 8.07. The molecule has 2 amide bonds. The van der Waals surface area contributed by atoms with Gasteiger partial charge in [-0.15, -0.1) is 0 Å². The van der Waals surface area contributed by atoms with Gasteiger partial charge in [0.2, 0.25) is 0 Å².